The van der Waals surface area contributed by atoms with Crippen molar-refractivity contribution in [2.45, 2.75) is 78.0 Å². The largest absolute Gasteiger partial charge is 0.496 e. The number of aromatic nitrogens is 3. The summed E-state index contributed by atoms with van der Waals surface area (Å²) in [6.45, 7) is 9.84. The summed E-state index contributed by atoms with van der Waals surface area (Å²) in [5, 5.41) is 0.282. The average Bonchev–Trinajstić information content (AvgIpc) is 3.15. The molecular formula is C40H47ClFN5O6. The fourth-order valence-corrected chi connectivity index (χ4v) is 7.61. The van der Waals surface area contributed by atoms with Gasteiger partial charge in [-0.25, -0.2) is 9.18 Å². The maximum Gasteiger partial charge on any atom is 0.332 e. The number of benzene rings is 2. The van der Waals surface area contributed by atoms with Gasteiger partial charge in [0.15, 0.2) is 0 Å². The zero-order valence-electron chi connectivity index (χ0n) is 30.8. The maximum absolute atomic E-state index is 15.7. The molecule has 1 amide bonds. The van der Waals surface area contributed by atoms with E-state index in [1.165, 1.54) is 16.8 Å². The SMILES string of the molecule is CCCn1cc(-c2cc(F)c(CCN3CCC(OC4CCN(C(=O)c5ccc(Cl)c(-n6ccc(=O)[nH]c6=O)c5)CC4)CC3)c(OC)c2)c(C)c(C)c1=O. The zero-order valence-corrected chi connectivity index (χ0v) is 31.5. The van der Waals surface area contributed by atoms with Gasteiger partial charge < -0.3 is 23.8 Å². The topological polar surface area (TPSA) is 119 Å². The Labute approximate surface area is 312 Å². The number of pyridine rings is 1. The van der Waals surface area contributed by atoms with Crippen LogP contribution in [0.1, 0.15) is 66.1 Å². The molecule has 4 heterocycles. The fraction of sp³-hybridized carbons (Fsp3) is 0.450. The lowest BCUT2D eigenvalue weighted by Gasteiger charge is -2.37. The summed E-state index contributed by atoms with van der Waals surface area (Å²) < 4.78 is 30.8. The smallest absolute Gasteiger partial charge is 0.332 e. The number of nitrogens with one attached hydrogen (secondary N) is 1. The Hall–Kier alpha value is -4.52. The molecule has 0 bridgehead atoms. The first-order chi connectivity index (χ1) is 25.5. The highest BCUT2D eigenvalue weighted by Crippen LogP contribution is 2.33. The second kappa shape index (κ2) is 16.7. The van der Waals surface area contributed by atoms with E-state index in [1.807, 2.05) is 33.0 Å². The van der Waals surface area contributed by atoms with Crippen molar-refractivity contribution < 1.29 is 18.7 Å². The van der Waals surface area contributed by atoms with E-state index in [-0.39, 0.29) is 34.5 Å². The van der Waals surface area contributed by atoms with Crippen LogP contribution >= 0.6 is 11.6 Å². The molecule has 53 heavy (non-hydrogen) atoms. The van der Waals surface area contributed by atoms with Crippen LogP contribution in [-0.2, 0) is 17.7 Å². The van der Waals surface area contributed by atoms with Crippen LogP contribution in [0.4, 0.5) is 4.39 Å². The number of halogens is 2. The normalized spacial score (nSPS) is 15.9. The molecular weight excluding hydrogens is 701 g/mol. The van der Waals surface area contributed by atoms with Crippen LogP contribution in [0.25, 0.3) is 16.8 Å². The van der Waals surface area contributed by atoms with Gasteiger partial charge in [-0.2, -0.15) is 0 Å². The molecule has 2 aliphatic heterocycles. The third-order valence-corrected chi connectivity index (χ3v) is 10.9. The highest BCUT2D eigenvalue weighted by molar-refractivity contribution is 6.32. The molecule has 0 spiro atoms. The van der Waals surface area contributed by atoms with Crippen molar-refractivity contribution in [3.8, 4) is 22.6 Å². The third-order valence-electron chi connectivity index (χ3n) is 10.6. The summed E-state index contributed by atoms with van der Waals surface area (Å²) in [6, 6.07) is 9.45. The monoisotopic (exact) mass is 747 g/mol. The molecule has 0 atom stereocenters. The number of aryl methyl sites for hydroxylation is 1. The van der Waals surface area contributed by atoms with Gasteiger partial charge in [0.1, 0.15) is 11.6 Å². The number of hydrogen-bond donors (Lipinski definition) is 1. The van der Waals surface area contributed by atoms with Crippen LogP contribution in [0.5, 0.6) is 5.75 Å². The number of likely N-dealkylation sites (tertiary alicyclic amines) is 2. The second-order valence-corrected chi connectivity index (χ2v) is 14.4. The predicted octanol–water partition coefficient (Wildman–Crippen LogP) is 5.51. The van der Waals surface area contributed by atoms with E-state index >= 15 is 4.39 Å². The van der Waals surface area contributed by atoms with Gasteiger partial charge in [0.2, 0.25) is 0 Å². The van der Waals surface area contributed by atoms with Crippen LogP contribution in [0, 0.1) is 19.7 Å². The van der Waals surface area contributed by atoms with Gasteiger partial charge in [-0.15, -0.1) is 0 Å². The van der Waals surface area contributed by atoms with Gasteiger partial charge in [0.05, 0.1) is 30.0 Å². The van der Waals surface area contributed by atoms with Gasteiger partial charge in [-0.05, 0) is 93.8 Å². The van der Waals surface area contributed by atoms with Crippen molar-refractivity contribution in [1.82, 2.24) is 23.9 Å². The molecule has 2 aliphatic rings. The van der Waals surface area contributed by atoms with Crippen LogP contribution in [0.3, 0.4) is 0 Å². The minimum Gasteiger partial charge on any atom is -0.496 e. The van der Waals surface area contributed by atoms with Crippen LogP contribution in [0.15, 0.2) is 63.2 Å². The molecule has 2 aromatic carbocycles. The molecule has 2 fully saturated rings. The lowest BCUT2D eigenvalue weighted by atomic mass is 9.96. The van der Waals surface area contributed by atoms with E-state index < -0.39 is 11.2 Å². The predicted molar refractivity (Wildman–Crippen MR) is 203 cm³/mol. The van der Waals surface area contributed by atoms with Crippen LogP contribution in [-0.4, -0.2) is 81.9 Å². The van der Waals surface area contributed by atoms with E-state index in [1.54, 1.807) is 40.8 Å². The number of carbonyl (C=O) groups is 1. The lowest BCUT2D eigenvalue weighted by molar-refractivity contribution is -0.0620. The minimum absolute atomic E-state index is 0.0137. The van der Waals surface area contributed by atoms with Crippen LogP contribution in [0.2, 0.25) is 5.02 Å². The molecule has 2 aromatic heterocycles. The number of hydrogen-bond acceptors (Lipinski definition) is 7. The van der Waals surface area contributed by atoms with E-state index in [0.717, 1.165) is 56.3 Å². The third kappa shape index (κ3) is 8.50. The number of carbonyl (C=O) groups excluding carboxylic acids is 1. The molecule has 0 radical (unpaired) electrons. The van der Waals surface area contributed by atoms with Gasteiger partial charge in [0, 0.05) is 80.0 Å². The number of rotatable bonds is 11. The molecule has 1 N–H and O–H groups in total. The first-order valence-corrected chi connectivity index (χ1v) is 18.7. The Morgan fingerprint density at radius 2 is 1.64 bits per heavy atom. The number of ether oxygens (including phenoxy) is 2. The van der Waals surface area contributed by atoms with Gasteiger partial charge in [-0.1, -0.05) is 18.5 Å². The summed E-state index contributed by atoms with van der Waals surface area (Å²) >= 11 is 6.34. The van der Waals surface area contributed by atoms with E-state index in [0.29, 0.717) is 66.3 Å². The quantitative estimate of drug-likeness (QED) is 0.215. The van der Waals surface area contributed by atoms with E-state index in [9.17, 15) is 19.2 Å². The van der Waals surface area contributed by atoms with E-state index in [4.69, 9.17) is 21.1 Å². The number of aromatic amines is 1. The first-order valence-electron chi connectivity index (χ1n) is 18.3. The lowest BCUT2D eigenvalue weighted by Crippen LogP contribution is -2.44. The molecule has 0 unspecified atom stereocenters. The number of piperidine rings is 2. The number of methoxy groups -OCH3 is 1. The van der Waals surface area contributed by atoms with Gasteiger partial charge in [-0.3, -0.25) is 23.9 Å². The number of nitrogens with zero attached hydrogens (tertiary/aromatic N) is 4. The Balaban J connectivity index is 0.995. The van der Waals surface area contributed by atoms with Gasteiger partial charge >= 0.3 is 5.69 Å². The standard InChI is InChI=1S/C40H47ClFN5O6/c1-5-14-46-24-32(25(2)26(3)38(46)49)28-21-34(42)31(36(23-28)52-4)12-17-44-15-8-29(9-16-44)53-30-10-18-45(19-11-30)39(50)27-6-7-33(41)35(22-27)47-20-13-37(48)43-40(47)51/h6-7,13,20-24,29-30H,5,8-12,14-19H2,1-4H3,(H,43,48,51). The van der Waals surface area contributed by atoms with E-state index in [2.05, 4.69) is 9.88 Å². The summed E-state index contributed by atoms with van der Waals surface area (Å²) in [5.41, 5.74) is 3.15. The summed E-state index contributed by atoms with van der Waals surface area (Å²) in [4.78, 5) is 56.3. The average molecular weight is 748 g/mol. The fourth-order valence-electron chi connectivity index (χ4n) is 7.40. The highest BCUT2D eigenvalue weighted by atomic mass is 35.5. The van der Waals surface area contributed by atoms with Crippen molar-refractivity contribution in [3.05, 3.63) is 113 Å². The van der Waals surface area contributed by atoms with Crippen molar-refractivity contribution in [1.29, 1.82) is 0 Å². The Morgan fingerprint density at radius 3 is 2.30 bits per heavy atom. The Morgan fingerprint density at radius 1 is 0.943 bits per heavy atom. The zero-order chi connectivity index (χ0) is 37.8. The second-order valence-electron chi connectivity index (χ2n) is 14.0. The first kappa shape index (κ1) is 38.2. The minimum atomic E-state index is -0.636. The summed E-state index contributed by atoms with van der Waals surface area (Å²) in [6.07, 6.45) is 7.88. The molecule has 282 valence electrons. The molecule has 11 nitrogen and oxygen atoms in total. The summed E-state index contributed by atoms with van der Waals surface area (Å²) in [5.74, 6) is 0.0422. The van der Waals surface area contributed by atoms with Crippen molar-refractivity contribution >= 4 is 17.5 Å². The molecule has 13 heteroatoms. The molecule has 0 aliphatic carbocycles. The Kier molecular flexibility index (Phi) is 12.0. The van der Waals surface area contributed by atoms with Gasteiger partial charge in [0.25, 0.3) is 17.0 Å². The maximum atomic E-state index is 15.7. The molecule has 4 aromatic rings. The molecule has 6 rings (SSSR count). The summed E-state index contributed by atoms with van der Waals surface area (Å²) in [7, 11) is 1.56. The number of amides is 1. The van der Waals surface area contributed by atoms with Crippen molar-refractivity contribution in [2.24, 2.45) is 0 Å². The van der Waals surface area contributed by atoms with Crippen molar-refractivity contribution in [3.63, 3.8) is 0 Å². The highest BCUT2D eigenvalue weighted by Gasteiger charge is 2.29. The molecule has 0 saturated carbocycles. The van der Waals surface area contributed by atoms with Crippen LogP contribution < -0.4 is 21.5 Å². The number of H-pyrrole nitrogens is 1. The molecule has 2 saturated heterocycles. The Bertz CT molecular complexity index is 2150. The van der Waals surface area contributed by atoms with Crippen molar-refractivity contribution in [2.75, 3.05) is 39.8 Å².